The van der Waals surface area contributed by atoms with Gasteiger partial charge in [-0.1, -0.05) is 38.1 Å². The maximum absolute atomic E-state index is 12.0. The Bertz CT molecular complexity index is 697. The lowest BCUT2D eigenvalue weighted by Gasteiger charge is -2.17. The molecule has 0 aromatic heterocycles. The molecule has 0 aliphatic heterocycles. The zero-order chi connectivity index (χ0) is 18.9. The van der Waals surface area contributed by atoms with Crippen molar-refractivity contribution in [1.82, 2.24) is 5.32 Å². The summed E-state index contributed by atoms with van der Waals surface area (Å²) >= 11 is 0. The fourth-order valence-electron chi connectivity index (χ4n) is 2.53. The normalized spacial score (nSPS) is 11.9. The van der Waals surface area contributed by atoms with Crippen LogP contribution in [0, 0.1) is 0 Å². The van der Waals surface area contributed by atoms with Crippen molar-refractivity contribution in [3.05, 3.63) is 59.7 Å². The van der Waals surface area contributed by atoms with Gasteiger partial charge in [0.05, 0.1) is 13.2 Å². The third-order valence-corrected chi connectivity index (χ3v) is 4.15. The van der Waals surface area contributed by atoms with E-state index in [1.807, 2.05) is 48.5 Å². The lowest BCUT2D eigenvalue weighted by Crippen LogP contribution is -2.33. The smallest absolute Gasteiger partial charge is 0.258 e. The SMILES string of the molecule is COc1cccc(C(CNC(=O)COc2ccc(C(C)C)cc2)OC)c1. The Hall–Kier alpha value is -2.53. The Morgan fingerprint density at radius 1 is 1.00 bits per heavy atom. The molecular weight excluding hydrogens is 330 g/mol. The van der Waals surface area contributed by atoms with Crippen molar-refractivity contribution in [2.75, 3.05) is 27.4 Å². The Morgan fingerprint density at radius 2 is 1.73 bits per heavy atom. The van der Waals surface area contributed by atoms with E-state index >= 15 is 0 Å². The zero-order valence-electron chi connectivity index (χ0n) is 15.8. The van der Waals surface area contributed by atoms with Gasteiger partial charge in [-0.3, -0.25) is 4.79 Å². The van der Waals surface area contributed by atoms with Gasteiger partial charge < -0.3 is 19.5 Å². The highest BCUT2D eigenvalue weighted by atomic mass is 16.5. The molecule has 140 valence electrons. The van der Waals surface area contributed by atoms with Crippen molar-refractivity contribution < 1.29 is 19.0 Å². The van der Waals surface area contributed by atoms with E-state index in [2.05, 4.69) is 19.2 Å². The maximum Gasteiger partial charge on any atom is 0.258 e. The van der Waals surface area contributed by atoms with Crippen LogP contribution in [-0.4, -0.2) is 33.3 Å². The van der Waals surface area contributed by atoms with E-state index in [-0.39, 0.29) is 18.6 Å². The van der Waals surface area contributed by atoms with Crippen molar-refractivity contribution >= 4 is 5.91 Å². The van der Waals surface area contributed by atoms with Crippen LogP contribution in [0.1, 0.15) is 37.0 Å². The molecule has 2 rings (SSSR count). The molecule has 26 heavy (non-hydrogen) atoms. The molecule has 2 aromatic rings. The van der Waals surface area contributed by atoms with E-state index in [0.717, 1.165) is 11.3 Å². The molecule has 0 bridgehead atoms. The molecular formula is C21H27NO4. The van der Waals surface area contributed by atoms with Crippen LogP contribution in [0.3, 0.4) is 0 Å². The standard InChI is InChI=1S/C21H27NO4/c1-15(2)16-8-10-18(11-9-16)26-14-21(23)22-13-20(25-4)17-6-5-7-19(12-17)24-3/h5-12,15,20H,13-14H2,1-4H3,(H,22,23). The van der Waals surface area contributed by atoms with Crippen LogP contribution in [0.15, 0.2) is 48.5 Å². The Morgan fingerprint density at radius 3 is 2.35 bits per heavy atom. The number of hydrogen-bond donors (Lipinski definition) is 1. The van der Waals surface area contributed by atoms with Gasteiger partial charge in [0.2, 0.25) is 0 Å². The lowest BCUT2D eigenvalue weighted by atomic mass is 10.0. The second-order valence-electron chi connectivity index (χ2n) is 6.32. The second kappa shape index (κ2) is 9.82. The Balaban J connectivity index is 1.82. The van der Waals surface area contributed by atoms with Crippen molar-refractivity contribution in [1.29, 1.82) is 0 Å². The van der Waals surface area contributed by atoms with Crippen molar-refractivity contribution in [3.8, 4) is 11.5 Å². The molecule has 1 amide bonds. The Labute approximate surface area is 155 Å². The number of rotatable bonds is 9. The summed E-state index contributed by atoms with van der Waals surface area (Å²) in [6.45, 7) is 4.60. The number of nitrogens with one attached hydrogen (secondary N) is 1. The number of carbonyl (C=O) groups excluding carboxylic acids is 1. The molecule has 0 saturated carbocycles. The van der Waals surface area contributed by atoms with Gasteiger partial charge in [0, 0.05) is 13.7 Å². The van der Waals surface area contributed by atoms with Crippen LogP contribution in [0.25, 0.3) is 0 Å². The van der Waals surface area contributed by atoms with E-state index < -0.39 is 0 Å². The van der Waals surface area contributed by atoms with Crippen molar-refractivity contribution in [2.24, 2.45) is 0 Å². The molecule has 0 spiro atoms. The summed E-state index contributed by atoms with van der Waals surface area (Å²) in [7, 11) is 3.23. The molecule has 0 saturated heterocycles. The quantitative estimate of drug-likeness (QED) is 0.743. The first-order valence-corrected chi connectivity index (χ1v) is 8.69. The third-order valence-electron chi connectivity index (χ3n) is 4.15. The minimum atomic E-state index is -0.251. The van der Waals surface area contributed by atoms with Gasteiger partial charge in [-0.15, -0.1) is 0 Å². The molecule has 0 radical (unpaired) electrons. The first-order valence-electron chi connectivity index (χ1n) is 8.69. The zero-order valence-corrected chi connectivity index (χ0v) is 15.8. The molecule has 0 fully saturated rings. The van der Waals surface area contributed by atoms with Gasteiger partial charge in [0.1, 0.15) is 11.5 Å². The minimum Gasteiger partial charge on any atom is -0.497 e. The van der Waals surface area contributed by atoms with Crippen LogP contribution in [-0.2, 0) is 9.53 Å². The Kier molecular flexibility index (Phi) is 7.48. The average molecular weight is 357 g/mol. The predicted molar refractivity (Wildman–Crippen MR) is 102 cm³/mol. The molecule has 5 nitrogen and oxygen atoms in total. The van der Waals surface area contributed by atoms with Crippen LogP contribution in [0.2, 0.25) is 0 Å². The van der Waals surface area contributed by atoms with Crippen LogP contribution in [0.4, 0.5) is 0 Å². The number of benzene rings is 2. The van der Waals surface area contributed by atoms with Crippen LogP contribution in [0.5, 0.6) is 11.5 Å². The van der Waals surface area contributed by atoms with Crippen molar-refractivity contribution in [2.45, 2.75) is 25.9 Å². The van der Waals surface area contributed by atoms with Crippen molar-refractivity contribution in [3.63, 3.8) is 0 Å². The molecule has 1 atom stereocenters. The second-order valence-corrected chi connectivity index (χ2v) is 6.32. The van der Waals surface area contributed by atoms with Gasteiger partial charge in [-0.25, -0.2) is 0 Å². The molecule has 5 heteroatoms. The van der Waals surface area contributed by atoms with Gasteiger partial charge in [-0.05, 0) is 41.3 Å². The van der Waals surface area contributed by atoms with E-state index in [9.17, 15) is 4.79 Å². The van der Waals surface area contributed by atoms with Crippen LogP contribution < -0.4 is 14.8 Å². The monoisotopic (exact) mass is 357 g/mol. The lowest BCUT2D eigenvalue weighted by molar-refractivity contribution is -0.123. The van der Waals surface area contributed by atoms with E-state index in [4.69, 9.17) is 14.2 Å². The van der Waals surface area contributed by atoms with E-state index in [1.54, 1.807) is 14.2 Å². The van der Waals surface area contributed by atoms with E-state index in [1.165, 1.54) is 5.56 Å². The first kappa shape index (κ1) is 19.8. The predicted octanol–water partition coefficient (Wildman–Crippen LogP) is 3.70. The number of amides is 1. The number of carbonyl (C=O) groups is 1. The number of hydrogen-bond acceptors (Lipinski definition) is 4. The molecule has 0 aliphatic carbocycles. The number of methoxy groups -OCH3 is 2. The fourth-order valence-corrected chi connectivity index (χ4v) is 2.53. The van der Waals surface area contributed by atoms with Gasteiger partial charge in [0.15, 0.2) is 6.61 Å². The average Bonchev–Trinajstić information content (AvgIpc) is 2.67. The minimum absolute atomic E-state index is 0.0322. The van der Waals surface area contributed by atoms with E-state index in [0.29, 0.717) is 18.2 Å². The highest BCUT2D eigenvalue weighted by Crippen LogP contribution is 2.21. The molecule has 1 N–H and O–H groups in total. The molecule has 2 aromatic carbocycles. The highest BCUT2D eigenvalue weighted by molar-refractivity contribution is 5.77. The summed E-state index contributed by atoms with van der Waals surface area (Å²) in [6, 6.07) is 15.4. The highest BCUT2D eigenvalue weighted by Gasteiger charge is 2.13. The topological polar surface area (TPSA) is 56.8 Å². The summed E-state index contributed by atoms with van der Waals surface area (Å²) < 4.78 is 16.2. The molecule has 1 unspecified atom stereocenters. The van der Waals surface area contributed by atoms with Gasteiger partial charge in [0.25, 0.3) is 5.91 Å². The molecule has 0 heterocycles. The summed E-state index contributed by atoms with van der Waals surface area (Å²) in [6.07, 6.45) is -0.251. The van der Waals surface area contributed by atoms with Gasteiger partial charge in [-0.2, -0.15) is 0 Å². The first-order chi connectivity index (χ1) is 12.5. The molecule has 0 aliphatic rings. The van der Waals surface area contributed by atoms with Gasteiger partial charge >= 0.3 is 0 Å². The summed E-state index contributed by atoms with van der Waals surface area (Å²) in [4.78, 5) is 12.0. The summed E-state index contributed by atoms with van der Waals surface area (Å²) in [5.41, 5.74) is 2.18. The fraction of sp³-hybridized carbons (Fsp3) is 0.381. The largest absolute Gasteiger partial charge is 0.497 e. The van der Waals surface area contributed by atoms with Crippen LogP contribution >= 0.6 is 0 Å². The summed E-state index contributed by atoms with van der Waals surface area (Å²) in [5, 5.41) is 2.84. The third kappa shape index (κ3) is 5.77. The summed E-state index contributed by atoms with van der Waals surface area (Å²) in [5.74, 6) is 1.71. The number of ether oxygens (including phenoxy) is 3. The maximum atomic E-state index is 12.0.